The van der Waals surface area contributed by atoms with Gasteiger partial charge >= 0.3 is 0 Å². The number of ether oxygens (including phenoxy) is 1. The van der Waals surface area contributed by atoms with Crippen LogP contribution in [-0.4, -0.2) is 12.0 Å². The van der Waals surface area contributed by atoms with Gasteiger partial charge in [0.15, 0.2) is 5.76 Å². The van der Waals surface area contributed by atoms with E-state index in [0.29, 0.717) is 12.2 Å². The van der Waals surface area contributed by atoms with Crippen molar-refractivity contribution in [2.45, 2.75) is 13.3 Å². The van der Waals surface area contributed by atoms with Crippen molar-refractivity contribution in [1.82, 2.24) is 0 Å². The summed E-state index contributed by atoms with van der Waals surface area (Å²) >= 11 is 0. The molecule has 0 fully saturated rings. The molecule has 1 rings (SSSR count). The van der Waals surface area contributed by atoms with Crippen LogP contribution in [0.25, 0.3) is 0 Å². The normalized spacial score (nSPS) is 11.2. The summed E-state index contributed by atoms with van der Waals surface area (Å²) in [6.07, 6.45) is 1.33. The van der Waals surface area contributed by atoms with E-state index in [1.807, 2.05) is 31.2 Å². The fraction of sp³-hybridized carbons (Fsp3) is 0.273. The van der Waals surface area contributed by atoms with Gasteiger partial charge in [0.2, 0.25) is 0 Å². The summed E-state index contributed by atoms with van der Waals surface area (Å²) in [6, 6.07) is 7.80. The molecule has 0 amide bonds. The van der Waals surface area contributed by atoms with Gasteiger partial charge in [-0.3, -0.25) is 10.1 Å². The molecule has 0 saturated heterocycles. The molecule has 0 saturated carbocycles. The first-order chi connectivity index (χ1) is 7.11. The molecule has 0 spiro atoms. The average Bonchev–Trinajstić information content (AvgIpc) is 2.19. The molecule has 0 bridgehead atoms. The topological polar surface area (TPSA) is 52.4 Å². The first kappa shape index (κ1) is 11.2. The van der Waals surface area contributed by atoms with Crippen LogP contribution in [-0.2, 0) is 11.2 Å². The molecule has 4 nitrogen and oxygen atoms in total. The summed E-state index contributed by atoms with van der Waals surface area (Å²) in [6.45, 7) is 1.99. The van der Waals surface area contributed by atoms with Gasteiger partial charge in [-0.25, -0.2) is 0 Å². The van der Waals surface area contributed by atoms with Crippen LogP contribution in [0.5, 0.6) is 0 Å². The highest BCUT2D eigenvalue weighted by atomic mass is 16.6. The van der Waals surface area contributed by atoms with Crippen LogP contribution in [0.3, 0.4) is 0 Å². The van der Waals surface area contributed by atoms with Gasteiger partial charge in [-0.05, 0) is 12.5 Å². The highest BCUT2D eigenvalue weighted by molar-refractivity contribution is 5.23. The molecule has 4 heteroatoms. The third-order valence-electron chi connectivity index (χ3n) is 2.01. The largest absolute Gasteiger partial charge is 0.494 e. The van der Waals surface area contributed by atoms with Crippen LogP contribution in [0.15, 0.2) is 36.2 Å². The number of allylic oxidation sites excluding steroid dienone is 1. The van der Waals surface area contributed by atoms with Crippen molar-refractivity contribution in [2.24, 2.45) is 0 Å². The molecule has 0 aliphatic rings. The Morgan fingerprint density at radius 3 is 2.53 bits per heavy atom. The fourth-order valence-corrected chi connectivity index (χ4v) is 1.20. The van der Waals surface area contributed by atoms with E-state index in [1.165, 1.54) is 7.11 Å². The minimum Gasteiger partial charge on any atom is -0.494 e. The summed E-state index contributed by atoms with van der Waals surface area (Å²) in [5.41, 5.74) is 2.16. The molecule has 0 aliphatic heterocycles. The van der Waals surface area contributed by atoms with Gasteiger partial charge in [-0.15, -0.1) is 0 Å². The number of hydrogen-bond acceptors (Lipinski definition) is 3. The van der Waals surface area contributed by atoms with Crippen molar-refractivity contribution in [3.05, 3.63) is 57.5 Å². The second-order valence-electron chi connectivity index (χ2n) is 3.25. The van der Waals surface area contributed by atoms with E-state index in [0.717, 1.165) is 17.3 Å². The third kappa shape index (κ3) is 3.81. The fourth-order valence-electron chi connectivity index (χ4n) is 1.20. The summed E-state index contributed by atoms with van der Waals surface area (Å²) in [4.78, 5) is 9.76. The maximum atomic E-state index is 10.3. The van der Waals surface area contributed by atoms with Crippen molar-refractivity contribution < 1.29 is 9.66 Å². The van der Waals surface area contributed by atoms with Gasteiger partial charge in [-0.1, -0.05) is 29.8 Å². The van der Waals surface area contributed by atoms with Gasteiger partial charge in [0.1, 0.15) is 0 Å². The maximum absolute atomic E-state index is 10.3. The smallest absolute Gasteiger partial charge is 0.272 e. The van der Waals surface area contributed by atoms with Crippen LogP contribution in [0.2, 0.25) is 0 Å². The predicted molar refractivity (Wildman–Crippen MR) is 57.0 cm³/mol. The second-order valence-corrected chi connectivity index (χ2v) is 3.25. The minimum atomic E-state index is -0.507. The van der Waals surface area contributed by atoms with Crippen molar-refractivity contribution >= 4 is 0 Å². The molecule has 1 aromatic rings. The summed E-state index contributed by atoms with van der Waals surface area (Å²) in [7, 11) is 1.43. The lowest BCUT2D eigenvalue weighted by Crippen LogP contribution is -1.97. The molecular formula is C11H13NO3. The van der Waals surface area contributed by atoms with Gasteiger partial charge in [0.05, 0.1) is 12.0 Å². The molecule has 80 valence electrons. The van der Waals surface area contributed by atoms with E-state index in [1.54, 1.807) is 0 Å². The molecule has 0 radical (unpaired) electrons. The zero-order valence-corrected chi connectivity index (χ0v) is 8.77. The Bertz CT molecular complexity index is 368. The standard InChI is InChI=1S/C11H13NO3/c1-9-3-5-10(6-4-9)7-11(15-2)8-12(13)14/h3-6,8H,7H2,1-2H3. The Kier molecular flexibility index (Phi) is 3.85. The average molecular weight is 207 g/mol. The Labute approximate surface area is 88.3 Å². The van der Waals surface area contributed by atoms with E-state index in [-0.39, 0.29) is 0 Å². The molecule has 0 heterocycles. The number of hydrogen-bond donors (Lipinski definition) is 0. The number of rotatable bonds is 4. The predicted octanol–water partition coefficient (Wildman–Crippen LogP) is 2.30. The number of nitro groups is 1. The van der Waals surface area contributed by atoms with E-state index >= 15 is 0 Å². The lowest BCUT2D eigenvalue weighted by atomic mass is 10.1. The SMILES string of the molecule is COC(=C[N+](=O)[O-])Cc1ccc(C)cc1. The van der Waals surface area contributed by atoms with Crippen molar-refractivity contribution in [3.8, 4) is 0 Å². The van der Waals surface area contributed by atoms with Crippen LogP contribution in [0.1, 0.15) is 11.1 Å². The van der Waals surface area contributed by atoms with E-state index in [4.69, 9.17) is 4.74 Å². The molecule has 0 aliphatic carbocycles. The van der Waals surface area contributed by atoms with Crippen molar-refractivity contribution in [3.63, 3.8) is 0 Å². The monoisotopic (exact) mass is 207 g/mol. The number of nitrogens with zero attached hydrogens (tertiary/aromatic N) is 1. The number of benzene rings is 1. The van der Waals surface area contributed by atoms with Crippen molar-refractivity contribution in [1.29, 1.82) is 0 Å². The molecule has 0 atom stereocenters. The molecular weight excluding hydrogens is 194 g/mol. The number of methoxy groups -OCH3 is 1. The summed E-state index contributed by atoms with van der Waals surface area (Å²) in [5, 5.41) is 10.3. The minimum absolute atomic E-state index is 0.351. The Morgan fingerprint density at radius 1 is 1.47 bits per heavy atom. The van der Waals surface area contributed by atoms with Crippen LogP contribution < -0.4 is 0 Å². The summed E-state index contributed by atoms with van der Waals surface area (Å²) < 4.78 is 4.91. The zero-order valence-electron chi connectivity index (χ0n) is 8.77. The molecule has 1 aromatic carbocycles. The van der Waals surface area contributed by atoms with Crippen LogP contribution in [0, 0.1) is 17.0 Å². The first-order valence-corrected chi connectivity index (χ1v) is 4.55. The van der Waals surface area contributed by atoms with Crippen LogP contribution in [0.4, 0.5) is 0 Å². The highest BCUT2D eigenvalue weighted by Crippen LogP contribution is 2.09. The van der Waals surface area contributed by atoms with Gasteiger partial charge in [-0.2, -0.15) is 0 Å². The molecule has 0 N–H and O–H groups in total. The second kappa shape index (κ2) is 5.14. The van der Waals surface area contributed by atoms with Crippen LogP contribution >= 0.6 is 0 Å². The highest BCUT2D eigenvalue weighted by Gasteiger charge is 2.04. The number of aryl methyl sites for hydroxylation is 1. The quantitative estimate of drug-likeness (QED) is 0.432. The lowest BCUT2D eigenvalue weighted by Gasteiger charge is -2.03. The van der Waals surface area contributed by atoms with Gasteiger partial charge < -0.3 is 4.74 Å². The van der Waals surface area contributed by atoms with E-state index in [2.05, 4.69) is 0 Å². The summed E-state index contributed by atoms with van der Waals surface area (Å²) in [5.74, 6) is 0.351. The first-order valence-electron chi connectivity index (χ1n) is 4.55. The Morgan fingerprint density at radius 2 is 2.07 bits per heavy atom. The molecule has 0 unspecified atom stereocenters. The van der Waals surface area contributed by atoms with E-state index in [9.17, 15) is 10.1 Å². The van der Waals surface area contributed by atoms with E-state index < -0.39 is 4.92 Å². The molecule has 0 aromatic heterocycles. The third-order valence-corrected chi connectivity index (χ3v) is 2.01. The Hall–Kier alpha value is -1.84. The maximum Gasteiger partial charge on any atom is 0.272 e. The van der Waals surface area contributed by atoms with Gasteiger partial charge in [0, 0.05) is 6.42 Å². The zero-order chi connectivity index (χ0) is 11.3. The lowest BCUT2D eigenvalue weighted by molar-refractivity contribution is -0.405. The Balaban J connectivity index is 2.75. The molecule has 15 heavy (non-hydrogen) atoms. The van der Waals surface area contributed by atoms with Gasteiger partial charge in [0.25, 0.3) is 6.20 Å². The van der Waals surface area contributed by atoms with Crippen molar-refractivity contribution in [2.75, 3.05) is 7.11 Å².